The highest BCUT2D eigenvalue weighted by Gasteiger charge is 2.04. The number of nitrogens with zero attached hydrogens (tertiary/aromatic N) is 1. The minimum absolute atomic E-state index is 0.323. The quantitative estimate of drug-likeness (QED) is 0.748. The number of nitrogens with one attached hydrogen (secondary N) is 1. The van der Waals surface area contributed by atoms with Crippen LogP contribution in [0.25, 0.3) is 10.6 Å². The van der Waals surface area contributed by atoms with Crippen molar-refractivity contribution in [3.05, 3.63) is 65.2 Å². The fraction of sp³-hybridized carbons (Fsp3) is 0.118. The van der Waals surface area contributed by atoms with Gasteiger partial charge in [-0.05, 0) is 25.1 Å². The van der Waals surface area contributed by atoms with Crippen LogP contribution in [0, 0.1) is 6.92 Å². The highest BCUT2D eigenvalue weighted by Crippen LogP contribution is 2.25. The molecular weight excluding hydrogens is 280 g/mol. The summed E-state index contributed by atoms with van der Waals surface area (Å²) in [6.45, 7) is 2.61. The molecule has 21 heavy (non-hydrogen) atoms. The van der Waals surface area contributed by atoms with Crippen LogP contribution in [-0.2, 0) is 6.54 Å². The van der Waals surface area contributed by atoms with Crippen molar-refractivity contribution in [3.8, 4) is 16.3 Å². The number of aromatic nitrogens is 1. The van der Waals surface area contributed by atoms with E-state index in [1.165, 1.54) is 0 Å². The molecule has 0 unspecified atom stereocenters. The predicted octanol–water partition coefficient (Wildman–Crippen LogP) is 4.44. The molecule has 4 heteroatoms. The largest absolute Gasteiger partial charge is 0.508 e. The first-order chi connectivity index (χ1) is 10.2. The lowest BCUT2D eigenvalue weighted by Gasteiger charge is -2.10. The van der Waals surface area contributed by atoms with Gasteiger partial charge in [0.1, 0.15) is 10.8 Å². The van der Waals surface area contributed by atoms with E-state index in [9.17, 15) is 5.11 Å². The Hall–Kier alpha value is -2.33. The first kappa shape index (κ1) is 13.6. The van der Waals surface area contributed by atoms with Gasteiger partial charge in [-0.1, -0.05) is 29.8 Å². The maximum Gasteiger partial charge on any atom is 0.123 e. The highest BCUT2D eigenvalue weighted by atomic mass is 32.1. The van der Waals surface area contributed by atoms with E-state index in [1.807, 2.05) is 48.8 Å². The van der Waals surface area contributed by atoms with Crippen LogP contribution in [0.4, 0.5) is 5.69 Å². The summed E-state index contributed by atoms with van der Waals surface area (Å²) >= 11 is 1.62. The van der Waals surface area contributed by atoms with Crippen LogP contribution in [0.15, 0.2) is 54.0 Å². The second-order valence-electron chi connectivity index (χ2n) is 4.90. The number of anilines is 1. The molecule has 0 aliphatic carbocycles. The Labute approximate surface area is 127 Å². The molecule has 0 spiro atoms. The van der Waals surface area contributed by atoms with Crippen LogP contribution >= 0.6 is 11.3 Å². The van der Waals surface area contributed by atoms with Gasteiger partial charge in [-0.25, -0.2) is 4.98 Å². The average Bonchev–Trinajstić information content (AvgIpc) is 3.03. The molecule has 2 N–H and O–H groups in total. The van der Waals surface area contributed by atoms with Crippen molar-refractivity contribution in [1.29, 1.82) is 0 Å². The van der Waals surface area contributed by atoms with Crippen LogP contribution in [-0.4, -0.2) is 10.1 Å². The Morgan fingerprint density at radius 1 is 1.19 bits per heavy atom. The zero-order chi connectivity index (χ0) is 14.7. The van der Waals surface area contributed by atoms with Gasteiger partial charge >= 0.3 is 0 Å². The molecule has 0 atom stereocenters. The topological polar surface area (TPSA) is 45.1 Å². The van der Waals surface area contributed by atoms with Gasteiger partial charge in [0.05, 0.1) is 0 Å². The highest BCUT2D eigenvalue weighted by molar-refractivity contribution is 7.13. The Kier molecular flexibility index (Phi) is 3.88. The van der Waals surface area contributed by atoms with E-state index in [2.05, 4.69) is 16.4 Å². The Bertz CT molecular complexity index is 738. The van der Waals surface area contributed by atoms with Crippen LogP contribution in [0.3, 0.4) is 0 Å². The van der Waals surface area contributed by atoms with Crippen molar-refractivity contribution in [1.82, 2.24) is 4.98 Å². The summed E-state index contributed by atoms with van der Waals surface area (Å²) in [5, 5.41) is 16.2. The van der Waals surface area contributed by atoms with Crippen molar-refractivity contribution >= 4 is 17.0 Å². The molecule has 0 saturated carbocycles. The predicted molar refractivity (Wildman–Crippen MR) is 87.7 cm³/mol. The smallest absolute Gasteiger partial charge is 0.123 e. The van der Waals surface area contributed by atoms with Gasteiger partial charge in [-0.3, -0.25) is 0 Å². The summed E-state index contributed by atoms with van der Waals surface area (Å²) < 4.78 is 0. The molecule has 106 valence electrons. The van der Waals surface area contributed by atoms with Crippen LogP contribution in [0.1, 0.15) is 11.1 Å². The molecule has 0 saturated heterocycles. The first-order valence-electron chi connectivity index (χ1n) is 6.75. The number of benzene rings is 2. The van der Waals surface area contributed by atoms with Crippen LogP contribution < -0.4 is 5.32 Å². The Morgan fingerprint density at radius 3 is 2.90 bits per heavy atom. The number of hydrogen-bond donors (Lipinski definition) is 2. The summed E-state index contributed by atoms with van der Waals surface area (Å²) in [5.74, 6) is 0.323. The number of thiazole rings is 1. The van der Waals surface area contributed by atoms with Crippen molar-refractivity contribution in [2.75, 3.05) is 5.32 Å². The monoisotopic (exact) mass is 296 g/mol. The molecule has 0 aliphatic heterocycles. The summed E-state index contributed by atoms with van der Waals surface area (Å²) in [4.78, 5) is 4.32. The molecule has 0 radical (unpaired) electrons. The van der Waals surface area contributed by atoms with E-state index in [0.29, 0.717) is 12.3 Å². The van der Waals surface area contributed by atoms with E-state index in [0.717, 1.165) is 27.4 Å². The zero-order valence-electron chi connectivity index (χ0n) is 11.7. The Morgan fingerprint density at radius 2 is 2.10 bits per heavy atom. The number of aryl methyl sites for hydroxylation is 1. The fourth-order valence-corrected chi connectivity index (χ4v) is 2.82. The molecule has 0 fully saturated rings. The van der Waals surface area contributed by atoms with Gasteiger partial charge in [-0.15, -0.1) is 11.3 Å². The molecule has 0 amide bonds. The number of aromatic hydroxyl groups is 1. The zero-order valence-corrected chi connectivity index (χ0v) is 12.5. The molecule has 0 bridgehead atoms. The van der Waals surface area contributed by atoms with Crippen LogP contribution in [0.5, 0.6) is 5.75 Å². The lowest BCUT2D eigenvalue weighted by Crippen LogP contribution is -2.00. The number of hydrogen-bond acceptors (Lipinski definition) is 4. The van der Waals surface area contributed by atoms with Gasteiger partial charge in [0, 0.05) is 34.9 Å². The second kappa shape index (κ2) is 5.97. The third-order valence-corrected chi connectivity index (χ3v) is 4.08. The number of phenolic OH excluding ortho intramolecular Hbond substituents is 1. The first-order valence-corrected chi connectivity index (χ1v) is 7.62. The SMILES string of the molecule is Cc1ccc(O)c(CNc2cccc(-c3nccs3)c2)c1. The molecule has 1 aromatic heterocycles. The van der Waals surface area contributed by atoms with Gasteiger partial charge in [-0.2, -0.15) is 0 Å². The summed E-state index contributed by atoms with van der Waals surface area (Å²) in [5.41, 5.74) is 4.16. The lowest BCUT2D eigenvalue weighted by molar-refractivity contribution is 0.469. The standard InChI is InChI=1S/C17H16N2OS/c1-12-5-6-16(20)14(9-12)11-19-15-4-2-3-13(10-15)17-18-7-8-21-17/h2-10,19-20H,11H2,1H3. The molecule has 0 aliphatic rings. The van der Waals surface area contributed by atoms with Crippen LogP contribution in [0.2, 0.25) is 0 Å². The summed E-state index contributed by atoms with van der Waals surface area (Å²) in [7, 11) is 0. The van der Waals surface area contributed by atoms with E-state index in [1.54, 1.807) is 17.4 Å². The number of rotatable bonds is 4. The Balaban J connectivity index is 1.76. The maximum absolute atomic E-state index is 9.87. The minimum atomic E-state index is 0.323. The van der Waals surface area contributed by atoms with E-state index >= 15 is 0 Å². The van der Waals surface area contributed by atoms with E-state index in [-0.39, 0.29) is 0 Å². The average molecular weight is 296 g/mol. The fourth-order valence-electron chi connectivity index (χ4n) is 2.18. The minimum Gasteiger partial charge on any atom is -0.508 e. The van der Waals surface area contributed by atoms with Crippen molar-refractivity contribution in [2.24, 2.45) is 0 Å². The summed E-state index contributed by atoms with van der Waals surface area (Å²) in [6, 6.07) is 13.8. The van der Waals surface area contributed by atoms with E-state index < -0.39 is 0 Å². The molecule has 3 nitrogen and oxygen atoms in total. The molecule has 1 heterocycles. The lowest BCUT2D eigenvalue weighted by atomic mass is 10.1. The third kappa shape index (κ3) is 3.23. The van der Waals surface area contributed by atoms with Crippen molar-refractivity contribution in [3.63, 3.8) is 0 Å². The molecule has 2 aromatic carbocycles. The van der Waals surface area contributed by atoms with Gasteiger partial charge in [0.2, 0.25) is 0 Å². The van der Waals surface area contributed by atoms with Crippen molar-refractivity contribution < 1.29 is 5.11 Å². The van der Waals surface area contributed by atoms with Gasteiger partial charge < -0.3 is 10.4 Å². The molecular formula is C17H16N2OS. The van der Waals surface area contributed by atoms with Gasteiger partial charge in [0.15, 0.2) is 0 Å². The number of phenols is 1. The van der Waals surface area contributed by atoms with Gasteiger partial charge in [0.25, 0.3) is 0 Å². The van der Waals surface area contributed by atoms with Crippen molar-refractivity contribution in [2.45, 2.75) is 13.5 Å². The molecule has 3 aromatic rings. The maximum atomic E-state index is 9.87. The van der Waals surface area contributed by atoms with E-state index in [4.69, 9.17) is 0 Å². The second-order valence-corrected chi connectivity index (χ2v) is 5.80. The molecule has 3 rings (SSSR count). The summed E-state index contributed by atoms with van der Waals surface area (Å²) in [6.07, 6.45) is 1.81. The third-order valence-electron chi connectivity index (χ3n) is 3.26. The normalized spacial score (nSPS) is 10.5.